The third kappa shape index (κ3) is 1.65. The first-order valence-electron chi connectivity index (χ1n) is 3.81. The summed E-state index contributed by atoms with van der Waals surface area (Å²) in [7, 11) is 1.86. The average Bonchev–Trinajstić information content (AvgIpc) is 2.52. The van der Waals surface area contributed by atoms with Crippen LogP contribution in [0.4, 0.5) is 0 Å². The highest BCUT2D eigenvalue weighted by atomic mass is 32.1. The maximum Gasteiger partial charge on any atom is 0.158 e. The largest absolute Gasteiger partial charge is 0.329 e. The summed E-state index contributed by atoms with van der Waals surface area (Å²) in [5.41, 5.74) is 0.800. The summed E-state index contributed by atoms with van der Waals surface area (Å²) in [5.74, 6) is 0.702. The third-order valence-corrected chi connectivity index (χ3v) is 1.87. The monoisotopic (exact) mass is 192 g/mol. The number of aromatic nitrogens is 4. The molecule has 0 aromatic carbocycles. The molecule has 0 fully saturated rings. The normalized spacial score (nSPS) is 10.2. The smallest absolute Gasteiger partial charge is 0.158 e. The van der Waals surface area contributed by atoms with Gasteiger partial charge in [0.05, 0.1) is 0 Å². The number of aromatic amines is 1. The minimum absolute atomic E-state index is 0.663. The van der Waals surface area contributed by atoms with Crippen LogP contribution in [0.1, 0.15) is 0 Å². The molecule has 2 aromatic heterocycles. The van der Waals surface area contributed by atoms with Crippen LogP contribution in [0.3, 0.4) is 0 Å². The fourth-order valence-corrected chi connectivity index (χ4v) is 1.20. The Morgan fingerprint density at radius 2 is 2.31 bits per heavy atom. The number of hydrogen-bond acceptors (Lipinski definition) is 3. The van der Waals surface area contributed by atoms with Gasteiger partial charge in [-0.2, -0.15) is 5.10 Å². The van der Waals surface area contributed by atoms with Gasteiger partial charge in [-0.05, 0) is 12.1 Å². The molecule has 4 nitrogen and oxygen atoms in total. The van der Waals surface area contributed by atoms with E-state index in [1.54, 1.807) is 16.9 Å². The minimum Gasteiger partial charge on any atom is -0.329 e. The van der Waals surface area contributed by atoms with Crippen LogP contribution in [0, 0.1) is 4.64 Å². The van der Waals surface area contributed by atoms with Crippen molar-refractivity contribution in [3.8, 4) is 11.5 Å². The van der Waals surface area contributed by atoms with Gasteiger partial charge >= 0.3 is 0 Å². The Balaban J connectivity index is 2.52. The molecular weight excluding hydrogens is 184 g/mol. The lowest BCUT2D eigenvalue weighted by Gasteiger charge is -1.94. The van der Waals surface area contributed by atoms with E-state index in [4.69, 9.17) is 12.2 Å². The number of nitrogens with zero attached hydrogens (tertiary/aromatic N) is 3. The molecule has 0 aliphatic heterocycles. The molecule has 66 valence electrons. The molecule has 0 amide bonds. The first-order valence-corrected chi connectivity index (χ1v) is 4.22. The molecular formula is C8H8N4S. The molecule has 0 unspecified atom stereocenters. The van der Waals surface area contributed by atoms with Crippen molar-refractivity contribution in [1.29, 1.82) is 0 Å². The molecule has 0 saturated heterocycles. The molecule has 0 aliphatic carbocycles. The fraction of sp³-hybridized carbons (Fsp3) is 0.125. The number of rotatable bonds is 1. The van der Waals surface area contributed by atoms with Crippen LogP contribution in [0.25, 0.3) is 11.5 Å². The van der Waals surface area contributed by atoms with Gasteiger partial charge < -0.3 is 4.98 Å². The summed E-state index contributed by atoms with van der Waals surface area (Å²) >= 11 is 4.98. The van der Waals surface area contributed by atoms with Crippen molar-refractivity contribution in [2.75, 3.05) is 0 Å². The maximum absolute atomic E-state index is 4.98. The zero-order valence-corrected chi connectivity index (χ0v) is 7.88. The predicted molar refractivity (Wildman–Crippen MR) is 51.6 cm³/mol. The van der Waals surface area contributed by atoms with E-state index in [1.165, 1.54) is 0 Å². The van der Waals surface area contributed by atoms with E-state index in [-0.39, 0.29) is 0 Å². The molecule has 13 heavy (non-hydrogen) atoms. The summed E-state index contributed by atoms with van der Waals surface area (Å²) < 4.78 is 2.39. The molecule has 0 bridgehead atoms. The Bertz CT molecular complexity index is 471. The van der Waals surface area contributed by atoms with Crippen LogP contribution in [0.2, 0.25) is 0 Å². The van der Waals surface area contributed by atoms with E-state index in [2.05, 4.69) is 15.1 Å². The van der Waals surface area contributed by atoms with Gasteiger partial charge in [0.15, 0.2) is 5.82 Å². The summed E-state index contributed by atoms with van der Waals surface area (Å²) in [6.45, 7) is 0. The van der Waals surface area contributed by atoms with Crippen LogP contribution in [0.15, 0.2) is 24.5 Å². The van der Waals surface area contributed by atoms with Crippen molar-refractivity contribution in [3.05, 3.63) is 29.2 Å². The van der Waals surface area contributed by atoms with Gasteiger partial charge in [0.1, 0.15) is 10.3 Å². The number of aryl methyl sites for hydroxylation is 1. The van der Waals surface area contributed by atoms with Gasteiger partial charge in [0.2, 0.25) is 0 Å². The zero-order chi connectivity index (χ0) is 9.26. The fourth-order valence-electron chi connectivity index (χ4n) is 1.04. The first-order chi connectivity index (χ1) is 6.25. The number of nitrogens with one attached hydrogen (secondary N) is 1. The highest BCUT2D eigenvalue weighted by Gasteiger charge is 2.00. The van der Waals surface area contributed by atoms with Crippen molar-refractivity contribution < 1.29 is 0 Å². The summed E-state index contributed by atoms with van der Waals surface area (Å²) in [4.78, 5) is 7.09. The Kier molecular flexibility index (Phi) is 1.94. The Morgan fingerprint density at radius 1 is 1.46 bits per heavy atom. The molecule has 0 saturated carbocycles. The molecule has 0 radical (unpaired) electrons. The zero-order valence-electron chi connectivity index (χ0n) is 7.06. The van der Waals surface area contributed by atoms with E-state index in [0.717, 1.165) is 5.69 Å². The number of H-pyrrole nitrogens is 1. The average molecular weight is 192 g/mol. The Labute approximate surface area is 80.3 Å². The predicted octanol–water partition coefficient (Wildman–Crippen LogP) is 1.54. The second-order valence-electron chi connectivity index (χ2n) is 2.66. The molecule has 5 heteroatoms. The lowest BCUT2D eigenvalue weighted by atomic mass is 10.4. The van der Waals surface area contributed by atoms with E-state index in [9.17, 15) is 0 Å². The van der Waals surface area contributed by atoms with Crippen molar-refractivity contribution in [1.82, 2.24) is 19.7 Å². The lowest BCUT2D eigenvalue weighted by Crippen LogP contribution is -1.91. The van der Waals surface area contributed by atoms with Crippen molar-refractivity contribution >= 4 is 12.2 Å². The van der Waals surface area contributed by atoms with Crippen LogP contribution in [-0.4, -0.2) is 19.7 Å². The second-order valence-corrected chi connectivity index (χ2v) is 3.10. The molecule has 0 aliphatic rings. The number of hydrogen-bond donors (Lipinski definition) is 1. The highest BCUT2D eigenvalue weighted by Crippen LogP contribution is 2.09. The minimum atomic E-state index is 0.663. The SMILES string of the molecule is Cn1ccc(-c2nccc(=S)[nH]2)n1. The van der Waals surface area contributed by atoms with Crippen LogP contribution >= 0.6 is 12.2 Å². The molecule has 1 N–H and O–H groups in total. The van der Waals surface area contributed by atoms with Gasteiger partial charge in [0.25, 0.3) is 0 Å². The second kappa shape index (κ2) is 3.10. The topological polar surface area (TPSA) is 46.5 Å². The van der Waals surface area contributed by atoms with Crippen molar-refractivity contribution in [2.45, 2.75) is 0 Å². The van der Waals surface area contributed by atoms with Gasteiger partial charge in [-0.3, -0.25) is 4.68 Å². The Morgan fingerprint density at radius 3 is 2.92 bits per heavy atom. The van der Waals surface area contributed by atoms with E-state index < -0.39 is 0 Å². The quantitative estimate of drug-likeness (QED) is 0.697. The van der Waals surface area contributed by atoms with E-state index in [0.29, 0.717) is 10.5 Å². The maximum atomic E-state index is 4.98. The first kappa shape index (κ1) is 8.12. The Hall–Kier alpha value is -1.49. The standard InChI is InChI=1S/C8H8N4S/c1-12-5-3-6(11-12)8-9-4-2-7(13)10-8/h2-5H,1H3,(H,9,10,13). The highest BCUT2D eigenvalue weighted by molar-refractivity contribution is 7.71. The van der Waals surface area contributed by atoms with Gasteiger partial charge in [-0.25, -0.2) is 4.98 Å². The van der Waals surface area contributed by atoms with Gasteiger partial charge in [0, 0.05) is 19.4 Å². The van der Waals surface area contributed by atoms with E-state index >= 15 is 0 Å². The van der Waals surface area contributed by atoms with Gasteiger partial charge in [-0.15, -0.1) is 0 Å². The van der Waals surface area contributed by atoms with Crippen molar-refractivity contribution in [3.63, 3.8) is 0 Å². The summed E-state index contributed by atoms with van der Waals surface area (Å²) in [6.07, 6.45) is 3.53. The molecule has 2 heterocycles. The van der Waals surface area contributed by atoms with E-state index in [1.807, 2.05) is 19.3 Å². The molecule has 0 atom stereocenters. The molecule has 0 spiro atoms. The summed E-state index contributed by atoms with van der Waals surface area (Å²) in [5, 5.41) is 4.20. The van der Waals surface area contributed by atoms with Crippen LogP contribution in [0.5, 0.6) is 0 Å². The lowest BCUT2D eigenvalue weighted by molar-refractivity contribution is 0.768. The third-order valence-electron chi connectivity index (χ3n) is 1.63. The molecule has 2 aromatic rings. The van der Waals surface area contributed by atoms with Gasteiger partial charge in [-0.1, -0.05) is 12.2 Å². The van der Waals surface area contributed by atoms with Crippen LogP contribution < -0.4 is 0 Å². The van der Waals surface area contributed by atoms with Crippen molar-refractivity contribution in [2.24, 2.45) is 7.05 Å². The summed E-state index contributed by atoms with van der Waals surface area (Å²) in [6, 6.07) is 3.62. The molecule has 2 rings (SSSR count). The van der Waals surface area contributed by atoms with Crippen LogP contribution in [-0.2, 0) is 7.05 Å².